The van der Waals surface area contributed by atoms with Crippen LogP contribution in [0.25, 0.3) is 0 Å². The van der Waals surface area contributed by atoms with E-state index in [1.54, 1.807) is 37.4 Å². The first-order valence-electron chi connectivity index (χ1n) is 5.95. The van der Waals surface area contributed by atoms with E-state index < -0.39 is 0 Å². The molecule has 2 aromatic rings. The fourth-order valence-corrected chi connectivity index (χ4v) is 2.26. The lowest BCUT2D eigenvalue weighted by Gasteiger charge is -2.09. The van der Waals surface area contributed by atoms with Gasteiger partial charge in [-0.2, -0.15) is 0 Å². The summed E-state index contributed by atoms with van der Waals surface area (Å²) in [4.78, 5) is 12.2. The molecule has 0 aliphatic rings. The lowest BCUT2D eigenvalue weighted by atomic mass is 10.1. The molecule has 2 rings (SSSR count). The SMILES string of the molecule is COc1cc(Br)cc(NC(=O)c2cc(C)ccc2O)c1. The average molecular weight is 336 g/mol. The molecule has 0 fully saturated rings. The van der Waals surface area contributed by atoms with Crippen LogP contribution in [0.5, 0.6) is 11.5 Å². The van der Waals surface area contributed by atoms with Gasteiger partial charge in [0.15, 0.2) is 0 Å². The van der Waals surface area contributed by atoms with E-state index in [9.17, 15) is 9.90 Å². The highest BCUT2D eigenvalue weighted by molar-refractivity contribution is 9.10. The largest absolute Gasteiger partial charge is 0.507 e. The Kier molecular flexibility index (Phi) is 4.29. The van der Waals surface area contributed by atoms with E-state index in [4.69, 9.17) is 4.74 Å². The Morgan fingerprint density at radius 3 is 2.70 bits per heavy atom. The Hall–Kier alpha value is -2.01. The molecule has 0 bridgehead atoms. The maximum atomic E-state index is 12.2. The Labute approximate surface area is 125 Å². The number of benzene rings is 2. The second-order valence-corrected chi connectivity index (χ2v) is 5.27. The van der Waals surface area contributed by atoms with E-state index in [0.717, 1.165) is 10.0 Å². The van der Waals surface area contributed by atoms with E-state index in [1.807, 2.05) is 6.92 Å². The van der Waals surface area contributed by atoms with Crippen molar-refractivity contribution in [1.29, 1.82) is 0 Å². The second kappa shape index (κ2) is 5.96. The normalized spacial score (nSPS) is 10.2. The van der Waals surface area contributed by atoms with Crippen molar-refractivity contribution >= 4 is 27.5 Å². The first-order chi connectivity index (χ1) is 9.49. The van der Waals surface area contributed by atoms with Crippen molar-refractivity contribution < 1.29 is 14.6 Å². The van der Waals surface area contributed by atoms with Crippen LogP contribution in [0, 0.1) is 6.92 Å². The molecular formula is C15H14BrNO3. The molecule has 1 amide bonds. The van der Waals surface area contributed by atoms with E-state index in [0.29, 0.717) is 11.4 Å². The molecule has 20 heavy (non-hydrogen) atoms. The van der Waals surface area contributed by atoms with Gasteiger partial charge in [-0.15, -0.1) is 0 Å². The zero-order valence-corrected chi connectivity index (χ0v) is 12.7. The second-order valence-electron chi connectivity index (χ2n) is 4.35. The maximum Gasteiger partial charge on any atom is 0.259 e. The maximum absolute atomic E-state index is 12.2. The zero-order valence-electron chi connectivity index (χ0n) is 11.1. The van der Waals surface area contributed by atoms with E-state index in [-0.39, 0.29) is 17.2 Å². The summed E-state index contributed by atoms with van der Waals surface area (Å²) in [6.07, 6.45) is 0. The minimum atomic E-state index is -0.369. The molecule has 0 unspecified atom stereocenters. The summed E-state index contributed by atoms with van der Waals surface area (Å²) in [7, 11) is 1.56. The third-order valence-corrected chi connectivity index (χ3v) is 3.22. The van der Waals surface area contributed by atoms with E-state index in [1.165, 1.54) is 6.07 Å². The van der Waals surface area contributed by atoms with Crippen LogP contribution in [0.1, 0.15) is 15.9 Å². The van der Waals surface area contributed by atoms with Crippen molar-refractivity contribution in [2.24, 2.45) is 0 Å². The van der Waals surface area contributed by atoms with Gasteiger partial charge in [-0.25, -0.2) is 0 Å². The zero-order chi connectivity index (χ0) is 14.7. The third-order valence-electron chi connectivity index (χ3n) is 2.76. The Bertz CT molecular complexity index is 656. The minimum absolute atomic E-state index is 0.0462. The molecule has 0 saturated carbocycles. The highest BCUT2D eigenvalue weighted by atomic mass is 79.9. The molecule has 0 aromatic heterocycles. The van der Waals surface area contributed by atoms with Gasteiger partial charge in [-0.05, 0) is 31.2 Å². The number of carbonyl (C=O) groups excluding carboxylic acids is 1. The van der Waals surface area contributed by atoms with Gasteiger partial charge in [0.1, 0.15) is 11.5 Å². The number of carbonyl (C=O) groups is 1. The van der Waals surface area contributed by atoms with Crippen LogP contribution in [0.4, 0.5) is 5.69 Å². The quantitative estimate of drug-likeness (QED) is 0.898. The fourth-order valence-electron chi connectivity index (χ4n) is 1.78. The van der Waals surface area contributed by atoms with E-state index >= 15 is 0 Å². The molecule has 0 spiro atoms. The summed E-state index contributed by atoms with van der Waals surface area (Å²) in [6.45, 7) is 1.86. The van der Waals surface area contributed by atoms with Gasteiger partial charge in [0.05, 0.1) is 12.7 Å². The number of anilines is 1. The number of nitrogens with one attached hydrogen (secondary N) is 1. The van der Waals surface area contributed by atoms with Gasteiger partial charge in [0.2, 0.25) is 0 Å². The molecule has 2 N–H and O–H groups in total. The Morgan fingerprint density at radius 2 is 2.00 bits per heavy atom. The number of methoxy groups -OCH3 is 1. The minimum Gasteiger partial charge on any atom is -0.507 e. The fraction of sp³-hybridized carbons (Fsp3) is 0.133. The standard InChI is InChI=1S/C15H14BrNO3/c1-9-3-4-14(18)13(5-9)15(19)17-11-6-10(16)7-12(8-11)20-2/h3-8,18H,1-2H3,(H,17,19). The number of hydrogen-bond acceptors (Lipinski definition) is 3. The molecule has 0 heterocycles. The van der Waals surface area contributed by atoms with Crippen LogP contribution in [-0.2, 0) is 0 Å². The van der Waals surface area contributed by atoms with Gasteiger partial charge in [-0.3, -0.25) is 4.79 Å². The number of phenolic OH excluding ortho intramolecular Hbond substituents is 1. The smallest absolute Gasteiger partial charge is 0.259 e. The van der Waals surface area contributed by atoms with Crippen molar-refractivity contribution in [3.8, 4) is 11.5 Å². The third kappa shape index (κ3) is 3.30. The first kappa shape index (κ1) is 14.4. The predicted octanol–water partition coefficient (Wildman–Crippen LogP) is 3.72. The highest BCUT2D eigenvalue weighted by Crippen LogP contribution is 2.26. The molecule has 0 radical (unpaired) electrons. The number of rotatable bonds is 3. The first-order valence-corrected chi connectivity index (χ1v) is 6.74. The van der Waals surface area contributed by atoms with Crippen LogP contribution >= 0.6 is 15.9 Å². The molecule has 2 aromatic carbocycles. The molecular weight excluding hydrogens is 322 g/mol. The average Bonchev–Trinajstić information content (AvgIpc) is 2.40. The summed E-state index contributed by atoms with van der Waals surface area (Å²) in [6, 6.07) is 10.1. The van der Waals surface area contributed by atoms with Gasteiger partial charge >= 0.3 is 0 Å². The monoisotopic (exact) mass is 335 g/mol. The van der Waals surface area contributed by atoms with Crippen LogP contribution in [0.2, 0.25) is 0 Å². The number of phenols is 1. The van der Waals surface area contributed by atoms with Gasteiger partial charge in [0, 0.05) is 16.2 Å². The number of amides is 1. The topological polar surface area (TPSA) is 58.6 Å². The van der Waals surface area contributed by atoms with Crippen LogP contribution < -0.4 is 10.1 Å². The molecule has 4 nitrogen and oxygen atoms in total. The molecule has 5 heteroatoms. The molecule has 104 valence electrons. The summed E-state index contributed by atoms with van der Waals surface area (Å²) < 4.78 is 5.93. The number of aromatic hydroxyl groups is 1. The van der Waals surface area contributed by atoms with Crippen molar-refractivity contribution in [2.75, 3.05) is 12.4 Å². The number of aryl methyl sites for hydroxylation is 1. The van der Waals surface area contributed by atoms with Gasteiger partial charge in [0.25, 0.3) is 5.91 Å². The van der Waals surface area contributed by atoms with Crippen molar-refractivity contribution in [3.63, 3.8) is 0 Å². The predicted molar refractivity (Wildman–Crippen MR) is 81.5 cm³/mol. The number of hydrogen-bond donors (Lipinski definition) is 2. The Balaban J connectivity index is 2.27. The lowest BCUT2D eigenvalue weighted by Crippen LogP contribution is -2.12. The summed E-state index contributed by atoms with van der Waals surface area (Å²) in [5.41, 5.74) is 1.73. The number of halogens is 1. The lowest BCUT2D eigenvalue weighted by molar-refractivity contribution is 0.102. The van der Waals surface area contributed by atoms with Crippen molar-refractivity contribution in [1.82, 2.24) is 0 Å². The summed E-state index contributed by atoms with van der Waals surface area (Å²) in [5, 5.41) is 12.5. The van der Waals surface area contributed by atoms with Crippen molar-refractivity contribution in [3.05, 3.63) is 52.0 Å². The van der Waals surface area contributed by atoms with E-state index in [2.05, 4.69) is 21.2 Å². The summed E-state index contributed by atoms with van der Waals surface area (Å²) >= 11 is 3.35. The van der Waals surface area contributed by atoms with Crippen LogP contribution in [0.3, 0.4) is 0 Å². The molecule has 0 aliphatic carbocycles. The van der Waals surface area contributed by atoms with Gasteiger partial charge in [-0.1, -0.05) is 27.6 Å². The van der Waals surface area contributed by atoms with Crippen LogP contribution in [-0.4, -0.2) is 18.1 Å². The Morgan fingerprint density at radius 1 is 1.25 bits per heavy atom. The van der Waals surface area contributed by atoms with Crippen molar-refractivity contribution in [2.45, 2.75) is 6.92 Å². The molecule has 0 atom stereocenters. The highest BCUT2D eigenvalue weighted by Gasteiger charge is 2.12. The summed E-state index contributed by atoms with van der Waals surface area (Å²) in [5.74, 6) is 0.213. The molecule has 0 saturated heterocycles. The van der Waals surface area contributed by atoms with Crippen LogP contribution in [0.15, 0.2) is 40.9 Å². The number of ether oxygens (including phenoxy) is 1. The van der Waals surface area contributed by atoms with Gasteiger partial charge < -0.3 is 15.2 Å². The molecule has 0 aliphatic heterocycles.